The standard InChI is InChI=1S/C30H48O8/c1-8-27(7,16-26(5,6)22(31)36-21-11-9-10-12-35-21)23(32)38-30-15-20-13-28(18-30,17-29(34,14-20)19-30)24(33)37-25(2,3)4/h20-21,34H,8-19H2,1-7H3. The van der Waals surface area contributed by atoms with Gasteiger partial charge in [0.15, 0.2) is 0 Å². The summed E-state index contributed by atoms with van der Waals surface area (Å²) in [6, 6.07) is 0. The molecule has 1 N–H and O–H groups in total. The van der Waals surface area contributed by atoms with E-state index in [2.05, 4.69) is 0 Å². The van der Waals surface area contributed by atoms with Crippen molar-refractivity contribution in [2.75, 3.05) is 6.61 Å². The van der Waals surface area contributed by atoms with Gasteiger partial charge < -0.3 is 24.1 Å². The average Bonchev–Trinajstić information content (AvgIpc) is 2.76. The predicted octanol–water partition coefficient (Wildman–Crippen LogP) is 5.23. The number of carbonyl (C=O) groups is 3. The van der Waals surface area contributed by atoms with Gasteiger partial charge in [-0.15, -0.1) is 0 Å². The molecule has 4 bridgehead atoms. The van der Waals surface area contributed by atoms with E-state index in [-0.39, 0.29) is 30.2 Å². The average molecular weight is 537 g/mol. The molecule has 1 heterocycles. The van der Waals surface area contributed by atoms with Gasteiger partial charge in [0.05, 0.1) is 28.5 Å². The number of esters is 3. The van der Waals surface area contributed by atoms with E-state index in [1.54, 1.807) is 13.8 Å². The van der Waals surface area contributed by atoms with Crippen LogP contribution in [0.2, 0.25) is 0 Å². The molecule has 1 aliphatic heterocycles. The number of aliphatic hydroxyl groups is 1. The van der Waals surface area contributed by atoms with Gasteiger partial charge in [-0.25, -0.2) is 0 Å². The second kappa shape index (κ2) is 9.76. The lowest BCUT2D eigenvalue weighted by Gasteiger charge is -2.63. The van der Waals surface area contributed by atoms with E-state index in [0.29, 0.717) is 58.0 Å². The highest BCUT2D eigenvalue weighted by atomic mass is 16.7. The number of rotatable bonds is 8. The summed E-state index contributed by atoms with van der Waals surface area (Å²) in [7, 11) is 0. The Hall–Kier alpha value is -1.67. The Balaban J connectivity index is 1.50. The molecule has 0 amide bonds. The highest BCUT2D eigenvalue weighted by Crippen LogP contribution is 2.65. The first-order chi connectivity index (χ1) is 17.4. The van der Waals surface area contributed by atoms with Crippen LogP contribution in [0, 0.1) is 22.2 Å². The van der Waals surface area contributed by atoms with Gasteiger partial charge in [0, 0.05) is 19.3 Å². The highest BCUT2D eigenvalue weighted by Gasteiger charge is 2.68. The van der Waals surface area contributed by atoms with Crippen molar-refractivity contribution in [1.29, 1.82) is 0 Å². The summed E-state index contributed by atoms with van der Waals surface area (Å²) in [5, 5.41) is 11.5. The van der Waals surface area contributed by atoms with Crippen molar-refractivity contribution in [1.82, 2.24) is 0 Å². The van der Waals surface area contributed by atoms with Crippen LogP contribution in [-0.4, -0.2) is 52.7 Å². The predicted molar refractivity (Wildman–Crippen MR) is 140 cm³/mol. The van der Waals surface area contributed by atoms with Crippen LogP contribution in [0.25, 0.3) is 0 Å². The lowest BCUT2D eigenvalue weighted by molar-refractivity contribution is -0.254. The van der Waals surface area contributed by atoms with Gasteiger partial charge in [-0.2, -0.15) is 0 Å². The van der Waals surface area contributed by atoms with Crippen molar-refractivity contribution in [2.24, 2.45) is 22.2 Å². The van der Waals surface area contributed by atoms with Crippen LogP contribution in [0.3, 0.4) is 0 Å². The van der Waals surface area contributed by atoms with Gasteiger partial charge in [0.25, 0.3) is 0 Å². The minimum Gasteiger partial charge on any atom is -0.460 e. The van der Waals surface area contributed by atoms with E-state index < -0.39 is 39.3 Å². The fraction of sp³-hybridized carbons (Fsp3) is 0.900. The van der Waals surface area contributed by atoms with Crippen LogP contribution < -0.4 is 0 Å². The molecule has 5 rings (SSSR count). The summed E-state index contributed by atoms with van der Waals surface area (Å²) in [5.74, 6) is -0.990. The lowest BCUT2D eigenvalue weighted by Crippen LogP contribution is -2.67. The molecule has 4 aliphatic carbocycles. The summed E-state index contributed by atoms with van der Waals surface area (Å²) in [4.78, 5) is 40.4. The molecule has 1 saturated heterocycles. The number of ether oxygens (including phenoxy) is 4. The van der Waals surface area contributed by atoms with Gasteiger partial charge in [-0.3, -0.25) is 14.4 Å². The Bertz CT molecular complexity index is 946. The summed E-state index contributed by atoms with van der Waals surface area (Å²) >= 11 is 0. The van der Waals surface area contributed by atoms with E-state index in [0.717, 1.165) is 12.8 Å². The Labute approximate surface area is 227 Å². The Morgan fingerprint density at radius 3 is 2.24 bits per heavy atom. The lowest BCUT2D eigenvalue weighted by atomic mass is 9.46. The van der Waals surface area contributed by atoms with Crippen LogP contribution >= 0.6 is 0 Å². The molecule has 216 valence electrons. The molecule has 8 nitrogen and oxygen atoms in total. The third-order valence-electron chi connectivity index (χ3n) is 9.16. The first-order valence-electron chi connectivity index (χ1n) is 14.4. The van der Waals surface area contributed by atoms with Crippen LogP contribution in [0.5, 0.6) is 0 Å². The fourth-order valence-electron chi connectivity index (χ4n) is 7.82. The first-order valence-corrected chi connectivity index (χ1v) is 14.4. The zero-order chi connectivity index (χ0) is 28.2. The van der Waals surface area contributed by atoms with Gasteiger partial charge in [-0.1, -0.05) is 6.92 Å². The monoisotopic (exact) mass is 536 g/mol. The molecular formula is C30H48O8. The molecular weight excluding hydrogens is 488 g/mol. The molecule has 0 radical (unpaired) electrons. The molecule has 6 unspecified atom stereocenters. The van der Waals surface area contributed by atoms with E-state index in [1.807, 2.05) is 34.6 Å². The van der Waals surface area contributed by atoms with Crippen molar-refractivity contribution in [3.63, 3.8) is 0 Å². The molecule has 0 aromatic carbocycles. The van der Waals surface area contributed by atoms with Crippen LogP contribution in [0.1, 0.15) is 119 Å². The van der Waals surface area contributed by atoms with Gasteiger partial charge in [0.1, 0.15) is 11.2 Å². The van der Waals surface area contributed by atoms with E-state index in [1.165, 1.54) is 0 Å². The fourth-order valence-corrected chi connectivity index (χ4v) is 7.82. The summed E-state index contributed by atoms with van der Waals surface area (Å²) in [6.45, 7) is 13.5. The van der Waals surface area contributed by atoms with E-state index in [9.17, 15) is 19.5 Å². The smallest absolute Gasteiger partial charge is 0.313 e. The maximum Gasteiger partial charge on any atom is 0.313 e. The highest BCUT2D eigenvalue weighted by molar-refractivity contribution is 5.81. The zero-order valence-corrected chi connectivity index (χ0v) is 24.4. The van der Waals surface area contributed by atoms with Crippen LogP contribution in [0.4, 0.5) is 0 Å². The van der Waals surface area contributed by atoms with Crippen LogP contribution in [0.15, 0.2) is 0 Å². The normalized spacial score (nSPS) is 36.3. The van der Waals surface area contributed by atoms with Crippen molar-refractivity contribution >= 4 is 17.9 Å². The Morgan fingerprint density at radius 1 is 0.947 bits per heavy atom. The third-order valence-corrected chi connectivity index (χ3v) is 9.16. The Kier molecular flexibility index (Phi) is 7.53. The van der Waals surface area contributed by atoms with Crippen LogP contribution in [-0.2, 0) is 33.3 Å². The molecule has 5 aliphatic rings. The summed E-state index contributed by atoms with van der Waals surface area (Å²) < 4.78 is 23.4. The van der Waals surface area contributed by atoms with Gasteiger partial charge in [0.2, 0.25) is 6.29 Å². The molecule has 4 saturated carbocycles. The maximum atomic E-state index is 13.9. The van der Waals surface area contributed by atoms with Gasteiger partial charge >= 0.3 is 17.9 Å². The molecule has 0 aromatic rings. The minimum absolute atomic E-state index is 0.0892. The molecule has 38 heavy (non-hydrogen) atoms. The van der Waals surface area contributed by atoms with Crippen molar-refractivity contribution in [3.8, 4) is 0 Å². The number of hydrogen-bond acceptors (Lipinski definition) is 8. The first kappa shape index (κ1) is 29.3. The third kappa shape index (κ3) is 5.91. The van der Waals surface area contributed by atoms with Crippen molar-refractivity contribution in [3.05, 3.63) is 0 Å². The van der Waals surface area contributed by atoms with Crippen molar-refractivity contribution in [2.45, 2.75) is 142 Å². The topological polar surface area (TPSA) is 108 Å². The summed E-state index contributed by atoms with van der Waals surface area (Å²) in [5.41, 5.74) is -5.34. The molecule has 0 aromatic heterocycles. The second-order valence-electron chi connectivity index (χ2n) is 14.8. The number of carbonyl (C=O) groups excluding carboxylic acids is 3. The zero-order valence-electron chi connectivity index (χ0n) is 24.4. The van der Waals surface area contributed by atoms with Crippen molar-refractivity contribution < 1.29 is 38.4 Å². The van der Waals surface area contributed by atoms with E-state index in [4.69, 9.17) is 18.9 Å². The quantitative estimate of drug-likeness (QED) is 0.332. The van der Waals surface area contributed by atoms with E-state index >= 15 is 0 Å². The maximum absolute atomic E-state index is 13.9. The Morgan fingerprint density at radius 2 is 1.66 bits per heavy atom. The molecule has 0 spiro atoms. The number of hydrogen-bond donors (Lipinski definition) is 1. The molecule has 5 fully saturated rings. The SMILES string of the molecule is CCC(C)(CC(C)(C)C(=O)OC1CCCCO1)C(=O)OC12CC3CC(O)(C1)CC(C(=O)OC(C)(C)C)(C3)C2. The van der Waals surface area contributed by atoms with Gasteiger partial charge in [-0.05, 0) is 98.8 Å². The summed E-state index contributed by atoms with van der Waals surface area (Å²) in [6.07, 6.45) is 5.73. The molecule has 6 atom stereocenters. The molecule has 8 heteroatoms. The minimum atomic E-state index is -1.05. The largest absolute Gasteiger partial charge is 0.460 e. The second-order valence-corrected chi connectivity index (χ2v) is 14.8.